The van der Waals surface area contributed by atoms with Crippen LogP contribution in [0.2, 0.25) is 0 Å². The summed E-state index contributed by atoms with van der Waals surface area (Å²) in [6.07, 6.45) is 0. The van der Waals surface area contributed by atoms with E-state index in [0.29, 0.717) is 12.4 Å². The summed E-state index contributed by atoms with van der Waals surface area (Å²) in [6, 6.07) is 7.81. The van der Waals surface area contributed by atoms with Gasteiger partial charge in [-0.25, -0.2) is 4.98 Å². The largest absolute Gasteiger partial charge is 0.438 e. The van der Waals surface area contributed by atoms with Crippen LogP contribution in [-0.2, 0) is 11.3 Å². The smallest absolute Gasteiger partial charge is 0.231 e. The minimum absolute atomic E-state index is 0.641. The van der Waals surface area contributed by atoms with Crippen molar-refractivity contribution in [2.75, 3.05) is 26.3 Å². The molecule has 0 N–H and O–H groups in total. The van der Waals surface area contributed by atoms with E-state index in [1.807, 2.05) is 24.3 Å². The topological polar surface area (TPSA) is 47.5 Å². The molecule has 1 aliphatic heterocycles. The van der Waals surface area contributed by atoms with Gasteiger partial charge >= 0.3 is 0 Å². The Morgan fingerprint density at radius 1 is 1.15 bits per heavy atom. The van der Waals surface area contributed by atoms with Crippen molar-refractivity contribution in [2.45, 2.75) is 20.4 Å². The lowest BCUT2D eigenvalue weighted by atomic mass is 10.2. The van der Waals surface area contributed by atoms with Gasteiger partial charge in [0.2, 0.25) is 5.88 Å². The molecule has 3 aromatic rings. The maximum atomic E-state index is 6.16. The summed E-state index contributed by atoms with van der Waals surface area (Å²) in [5.41, 5.74) is 1.19. The molecule has 0 bridgehead atoms. The molecule has 0 saturated carbocycles. The SMILES string of the molecule is Cc1sc2nc(CN3CCOCC3)nc(Oc3ccc(Br)cc3)c2c1C. The van der Waals surface area contributed by atoms with Crippen LogP contribution in [0.5, 0.6) is 11.6 Å². The van der Waals surface area contributed by atoms with Gasteiger partial charge in [-0.3, -0.25) is 4.90 Å². The number of aryl methyl sites for hydroxylation is 2. The lowest BCUT2D eigenvalue weighted by molar-refractivity contribution is 0.0330. The number of fused-ring (bicyclic) bond motifs is 1. The number of morpholine rings is 1. The van der Waals surface area contributed by atoms with Crippen LogP contribution in [0, 0.1) is 13.8 Å². The van der Waals surface area contributed by atoms with Gasteiger partial charge in [-0.05, 0) is 43.7 Å². The quantitative estimate of drug-likeness (QED) is 0.596. The van der Waals surface area contributed by atoms with Crippen LogP contribution in [-0.4, -0.2) is 41.2 Å². The third-order valence-electron chi connectivity index (χ3n) is 4.54. The van der Waals surface area contributed by atoms with Gasteiger partial charge in [0.25, 0.3) is 0 Å². The Hall–Kier alpha value is -1.54. The Kier molecular flexibility index (Phi) is 5.22. The second-order valence-electron chi connectivity index (χ2n) is 6.35. The third kappa shape index (κ3) is 3.76. The number of halogens is 1. The van der Waals surface area contributed by atoms with E-state index in [-0.39, 0.29) is 0 Å². The van der Waals surface area contributed by atoms with E-state index in [4.69, 9.17) is 19.4 Å². The molecule has 3 heterocycles. The molecule has 5 nitrogen and oxygen atoms in total. The van der Waals surface area contributed by atoms with Crippen LogP contribution in [0.25, 0.3) is 10.2 Å². The van der Waals surface area contributed by atoms with Gasteiger partial charge in [0, 0.05) is 22.4 Å². The second kappa shape index (κ2) is 7.60. The number of aromatic nitrogens is 2. The summed E-state index contributed by atoms with van der Waals surface area (Å²) < 4.78 is 12.6. The normalized spacial score (nSPS) is 15.5. The summed E-state index contributed by atoms with van der Waals surface area (Å²) in [5, 5.41) is 1.01. The van der Waals surface area contributed by atoms with Gasteiger partial charge < -0.3 is 9.47 Å². The van der Waals surface area contributed by atoms with Crippen molar-refractivity contribution < 1.29 is 9.47 Å². The van der Waals surface area contributed by atoms with Gasteiger partial charge in [-0.15, -0.1) is 11.3 Å². The molecule has 0 atom stereocenters. The Bertz CT molecular complexity index is 921. The fraction of sp³-hybridized carbons (Fsp3) is 0.368. The predicted molar refractivity (Wildman–Crippen MR) is 107 cm³/mol. The maximum absolute atomic E-state index is 6.16. The summed E-state index contributed by atoms with van der Waals surface area (Å²) in [7, 11) is 0. The summed E-state index contributed by atoms with van der Waals surface area (Å²) in [6.45, 7) is 8.29. The van der Waals surface area contributed by atoms with Crippen molar-refractivity contribution in [1.82, 2.24) is 14.9 Å². The highest BCUT2D eigenvalue weighted by Crippen LogP contribution is 2.36. The van der Waals surface area contributed by atoms with Crippen molar-refractivity contribution in [3.05, 3.63) is 45.0 Å². The molecule has 1 aliphatic rings. The Morgan fingerprint density at radius 2 is 1.88 bits per heavy atom. The molecule has 0 aliphatic carbocycles. The van der Waals surface area contributed by atoms with E-state index in [1.54, 1.807) is 11.3 Å². The van der Waals surface area contributed by atoms with E-state index >= 15 is 0 Å². The molecule has 0 unspecified atom stereocenters. The number of benzene rings is 1. The summed E-state index contributed by atoms with van der Waals surface area (Å²) in [5.74, 6) is 2.21. The van der Waals surface area contributed by atoms with E-state index in [1.165, 1.54) is 10.4 Å². The van der Waals surface area contributed by atoms with Crippen LogP contribution in [0.15, 0.2) is 28.7 Å². The fourth-order valence-electron chi connectivity index (χ4n) is 2.97. The van der Waals surface area contributed by atoms with Crippen LogP contribution >= 0.6 is 27.3 Å². The van der Waals surface area contributed by atoms with Gasteiger partial charge in [0.15, 0.2) is 0 Å². The molecular formula is C19H20BrN3O2S. The van der Waals surface area contributed by atoms with Gasteiger partial charge in [-0.1, -0.05) is 15.9 Å². The molecule has 0 amide bonds. The number of nitrogens with zero attached hydrogens (tertiary/aromatic N) is 3. The molecular weight excluding hydrogens is 414 g/mol. The number of thiophene rings is 1. The molecule has 1 fully saturated rings. The van der Waals surface area contributed by atoms with E-state index in [2.05, 4.69) is 34.7 Å². The highest BCUT2D eigenvalue weighted by molar-refractivity contribution is 9.10. The van der Waals surface area contributed by atoms with Crippen molar-refractivity contribution in [2.24, 2.45) is 0 Å². The molecule has 0 spiro atoms. The molecule has 1 saturated heterocycles. The van der Waals surface area contributed by atoms with Gasteiger partial charge in [0.1, 0.15) is 16.4 Å². The molecule has 26 heavy (non-hydrogen) atoms. The molecule has 136 valence electrons. The Morgan fingerprint density at radius 3 is 2.62 bits per heavy atom. The Balaban J connectivity index is 1.71. The van der Waals surface area contributed by atoms with Crippen LogP contribution in [0.4, 0.5) is 0 Å². The predicted octanol–water partition coefficient (Wildman–Crippen LogP) is 4.70. The van der Waals surface area contributed by atoms with E-state index < -0.39 is 0 Å². The van der Waals surface area contributed by atoms with E-state index in [9.17, 15) is 0 Å². The molecule has 7 heteroatoms. The van der Waals surface area contributed by atoms with Crippen molar-refractivity contribution in [3.8, 4) is 11.6 Å². The van der Waals surface area contributed by atoms with E-state index in [0.717, 1.165) is 52.6 Å². The zero-order valence-electron chi connectivity index (χ0n) is 14.8. The minimum atomic E-state index is 0.641. The zero-order chi connectivity index (χ0) is 18.1. The first-order chi connectivity index (χ1) is 12.6. The molecule has 1 aromatic carbocycles. The van der Waals surface area contributed by atoms with Crippen molar-refractivity contribution in [3.63, 3.8) is 0 Å². The Labute approximate surface area is 165 Å². The van der Waals surface area contributed by atoms with Crippen LogP contribution in [0.1, 0.15) is 16.3 Å². The lowest BCUT2D eigenvalue weighted by Gasteiger charge is -2.25. The maximum Gasteiger partial charge on any atom is 0.231 e. The summed E-state index contributed by atoms with van der Waals surface area (Å²) >= 11 is 5.16. The van der Waals surface area contributed by atoms with Crippen LogP contribution in [0.3, 0.4) is 0 Å². The molecule has 4 rings (SSSR count). The average Bonchev–Trinajstić information content (AvgIpc) is 2.92. The first kappa shape index (κ1) is 17.9. The number of hydrogen-bond donors (Lipinski definition) is 0. The monoisotopic (exact) mass is 433 g/mol. The van der Waals surface area contributed by atoms with Crippen molar-refractivity contribution >= 4 is 37.5 Å². The number of rotatable bonds is 4. The standard InChI is InChI=1S/C19H20BrN3O2S/c1-12-13(2)26-19-17(12)18(25-15-5-3-14(20)4-6-15)21-16(22-19)11-23-7-9-24-10-8-23/h3-6H,7-11H2,1-2H3. The highest BCUT2D eigenvalue weighted by Gasteiger charge is 2.19. The van der Waals surface area contributed by atoms with Crippen molar-refractivity contribution in [1.29, 1.82) is 0 Å². The average molecular weight is 434 g/mol. The molecule has 2 aromatic heterocycles. The van der Waals surface area contributed by atoms with Gasteiger partial charge in [-0.2, -0.15) is 4.98 Å². The van der Waals surface area contributed by atoms with Gasteiger partial charge in [0.05, 0.1) is 25.1 Å². The zero-order valence-corrected chi connectivity index (χ0v) is 17.2. The second-order valence-corrected chi connectivity index (χ2v) is 8.47. The summed E-state index contributed by atoms with van der Waals surface area (Å²) in [4.78, 5) is 14.1. The highest BCUT2D eigenvalue weighted by atomic mass is 79.9. The first-order valence-corrected chi connectivity index (χ1v) is 10.2. The number of ether oxygens (including phenoxy) is 2. The fourth-order valence-corrected chi connectivity index (χ4v) is 4.28. The first-order valence-electron chi connectivity index (χ1n) is 8.60. The third-order valence-corrected chi connectivity index (χ3v) is 6.17. The minimum Gasteiger partial charge on any atom is -0.438 e. The lowest BCUT2D eigenvalue weighted by Crippen LogP contribution is -2.36. The molecule has 0 radical (unpaired) electrons. The number of hydrogen-bond acceptors (Lipinski definition) is 6. The van der Waals surface area contributed by atoms with Crippen LogP contribution < -0.4 is 4.74 Å².